The molecule has 1 saturated carbocycles. The summed E-state index contributed by atoms with van der Waals surface area (Å²) < 4.78 is 0. The molecule has 1 saturated heterocycles. The fourth-order valence-electron chi connectivity index (χ4n) is 4.70. The van der Waals surface area contributed by atoms with E-state index in [2.05, 4.69) is 39.0 Å². The highest BCUT2D eigenvalue weighted by Crippen LogP contribution is 2.29. The van der Waals surface area contributed by atoms with Crippen LogP contribution in [0.2, 0.25) is 0 Å². The lowest BCUT2D eigenvalue weighted by Crippen LogP contribution is -2.46. The first kappa shape index (κ1) is 16.5. The van der Waals surface area contributed by atoms with E-state index in [9.17, 15) is 0 Å². The lowest BCUT2D eigenvalue weighted by atomic mass is 9.93. The number of nitrogens with one attached hydrogen (secondary N) is 2. The average Bonchev–Trinajstić information content (AvgIpc) is 3.29. The normalized spacial score (nSPS) is 26.9. The van der Waals surface area contributed by atoms with Crippen molar-refractivity contribution in [2.45, 2.75) is 63.7 Å². The maximum atomic E-state index is 5.71. The predicted molar refractivity (Wildman–Crippen MR) is 103 cm³/mol. The molecule has 0 bridgehead atoms. The van der Waals surface area contributed by atoms with Gasteiger partial charge in [-0.05, 0) is 32.3 Å². The quantitative estimate of drug-likeness (QED) is 0.833. The molecule has 2 aliphatic heterocycles. The molecule has 134 valence electrons. The van der Waals surface area contributed by atoms with Crippen molar-refractivity contribution in [3.05, 3.63) is 17.8 Å². The highest BCUT2D eigenvalue weighted by atomic mass is 15.3. The van der Waals surface area contributed by atoms with E-state index in [4.69, 9.17) is 11.4 Å². The second-order valence-electron chi connectivity index (χ2n) is 7.60. The number of aliphatic imine (C=N–C) groups is 1. The Kier molecular flexibility index (Phi) is 4.72. The summed E-state index contributed by atoms with van der Waals surface area (Å²) in [6, 6.07) is 3.35. The molecule has 0 aromatic carbocycles. The van der Waals surface area contributed by atoms with Crippen LogP contribution >= 0.6 is 0 Å². The number of terminal acetylenes is 1. The first-order valence-corrected chi connectivity index (χ1v) is 9.72. The summed E-state index contributed by atoms with van der Waals surface area (Å²) in [7, 11) is 0. The molecular weight excluding hydrogens is 310 g/mol. The topological polar surface area (TPSA) is 46.7 Å². The molecule has 2 atom stereocenters. The molecule has 2 N–H and O–H groups in total. The van der Waals surface area contributed by atoms with E-state index in [1.165, 1.54) is 44.1 Å². The average molecular weight is 339 g/mol. The number of likely N-dealkylation sites (tertiary alicyclic amines) is 1. The zero-order chi connectivity index (χ0) is 17.2. The standard InChI is InChI=1S/C20H29N5/c1-3-12-25(16-7-5-4-6-8-16)17-10-13-24(14-17)20-18-9-11-21-19(18)22-15(2)23-20/h1,9,11,15-17,21-22H,4-8,10,12-14H2,2H3/t15?,17-/m1/s1. The van der Waals surface area contributed by atoms with E-state index in [1.54, 1.807) is 0 Å². The molecule has 0 amide bonds. The van der Waals surface area contributed by atoms with E-state index in [-0.39, 0.29) is 6.17 Å². The lowest BCUT2D eigenvalue weighted by Gasteiger charge is -2.37. The number of hydrogen-bond donors (Lipinski definition) is 2. The SMILES string of the molecule is C#CCN(C1CCCCC1)[C@@H]1CCN(C2=NC(C)Nc3[nH]ccc32)C1. The second kappa shape index (κ2) is 7.13. The number of nitrogens with zero attached hydrogens (tertiary/aromatic N) is 3. The highest BCUT2D eigenvalue weighted by Gasteiger charge is 2.35. The number of anilines is 1. The van der Waals surface area contributed by atoms with Crippen molar-refractivity contribution in [2.75, 3.05) is 25.0 Å². The van der Waals surface area contributed by atoms with E-state index < -0.39 is 0 Å². The molecule has 1 aromatic rings. The Bertz CT molecular complexity index is 664. The Balaban J connectivity index is 1.49. The zero-order valence-electron chi connectivity index (χ0n) is 15.2. The Labute approximate surface area is 150 Å². The molecular formula is C20H29N5. The fraction of sp³-hybridized carbons (Fsp3) is 0.650. The van der Waals surface area contributed by atoms with Crippen LogP contribution in [0.15, 0.2) is 17.3 Å². The maximum Gasteiger partial charge on any atom is 0.136 e. The summed E-state index contributed by atoms with van der Waals surface area (Å²) in [5, 5.41) is 3.39. The van der Waals surface area contributed by atoms with Crippen molar-refractivity contribution in [2.24, 2.45) is 4.99 Å². The molecule has 0 radical (unpaired) electrons. The monoisotopic (exact) mass is 339 g/mol. The number of rotatable bonds is 3. The maximum absolute atomic E-state index is 5.71. The molecule has 5 heteroatoms. The van der Waals surface area contributed by atoms with Gasteiger partial charge < -0.3 is 15.2 Å². The summed E-state index contributed by atoms with van der Waals surface area (Å²) in [6.07, 6.45) is 15.7. The molecule has 5 nitrogen and oxygen atoms in total. The largest absolute Gasteiger partial charge is 0.355 e. The Morgan fingerprint density at radius 1 is 1.28 bits per heavy atom. The molecule has 4 rings (SSSR count). The van der Waals surface area contributed by atoms with Gasteiger partial charge in [0, 0.05) is 31.4 Å². The van der Waals surface area contributed by atoms with E-state index in [0.29, 0.717) is 12.1 Å². The number of fused-ring (bicyclic) bond motifs is 1. The molecule has 3 heterocycles. The van der Waals surface area contributed by atoms with Crippen molar-refractivity contribution in [1.82, 2.24) is 14.8 Å². The molecule has 1 unspecified atom stereocenters. The Morgan fingerprint density at radius 2 is 2.12 bits per heavy atom. The van der Waals surface area contributed by atoms with Gasteiger partial charge in [0.1, 0.15) is 17.8 Å². The van der Waals surface area contributed by atoms with Crippen LogP contribution in [0.5, 0.6) is 0 Å². The smallest absolute Gasteiger partial charge is 0.136 e. The number of amidine groups is 1. The molecule has 1 aliphatic carbocycles. The summed E-state index contributed by atoms with van der Waals surface area (Å²) >= 11 is 0. The first-order valence-electron chi connectivity index (χ1n) is 9.72. The Morgan fingerprint density at radius 3 is 2.92 bits per heavy atom. The van der Waals surface area contributed by atoms with Gasteiger partial charge in [-0.15, -0.1) is 6.42 Å². The van der Waals surface area contributed by atoms with Crippen molar-refractivity contribution in [1.29, 1.82) is 0 Å². The van der Waals surface area contributed by atoms with Crippen LogP contribution in [0.25, 0.3) is 0 Å². The van der Waals surface area contributed by atoms with Crippen molar-refractivity contribution in [3.63, 3.8) is 0 Å². The van der Waals surface area contributed by atoms with Gasteiger partial charge in [0.15, 0.2) is 0 Å². The minimum atomic E-state index is 0.111. The number of aromatic nitrogens is 1. The third-order valence-electron chi connectivity index (χ3n) is 5.91. The summed E-state index contributed by atoms with van der Waals surface area (Å²) in [5.41, 5.74) is 1.19. The van der Waals surface area contributed by atoms with Crippen molar-refractivity contribution < 1.29 is 0 Å². The van der Waals surface area contributed by atoms with Crippen LogP contribution in [0, 0.1) is 12.3 Å². The Hall–Kier alpha value is -1.93. The van der Waals surface area contributed by atoms with Crippen LogP contribution in [0.4, 0.5) is 5.82 Å². The highest BCUT2D eigenvalue weighted by molar-refractivity contribution is 6.04. The van der Waals surface area contributed by atoms with Crippen LogP contribution in [-0.2, 0) is 0 Å². The number of H-pyrrole nitrogens is 1. The number of aromatic amines is 1. The van der Waals surface area contributed by atoms with Crippen LogP contribution in [0.1, 0.15) is 51.0 Å². The summed E-state index contributed by atoms with van der Waals surface area (Å²) in [6.45, 7) is 4.98. The van der Waals surface area contributed by atoms with Gasteiger partial charge >= 0.3 is 0 Å². The molecule has 3 aliphatic rings. The minimum Gasteiger partial charge on any atom is -0.355 e. The van der Waals surface area contributed by atoms with E-state index in [0.717, 1.165) is 31.3 Å². The lowest BCUT2D eigenvalue weighted by molar-refractivity contribution is 0.126. The van der Waals surface area contributed by atoms with Gasteiger partial charge in [-0.2, -0.15) is 0 Å². The van der Waals surface area contributed by atoms with Crippen LogP contribution < -0.4 is 5.32 Å². The summed E-state index contributed by atoms with van der Waals surface area (Å²) in [5.74, 6) is 5.14. The van der Waals surface area contributed by atoms with Gasteiger partial charge in [0.05, 0.1) is 12.1 Å². The summed E-state index contributed by atoms with van der Waals surface area (Å²) in [4.78, 5) is 13.2. The van der Waals surface area contributed by atoms with Gasteiger partial charge in [-0.1, -0.05) is 25.2 Å². The fourth-order valence-corrected chi connectivity index (χ4v) is 4.70. The minimum absolute atomic E-state index is 0.111. The predicted octanol–water partition coefficient (Wildman–Crippen LogP) is 2.88. The third kappa shape index (κ3) is 3.28. The van der Waals surface area contributed by atoms with Gasteiger partial charge in [0.2, 0.25) is 0 Å². The van der Waals surface area contributed by atoms with Gasteiger partial charge in [-0.3, -0.25) is 4.90 Å². The number of hydrogen-bond acceptors (Lipinski definition) is 4. The second-order valence-corrected chi connectivity index (χ2v) is 7.60. The molecule has 1 aromatic heterocycles. The molecule has 0 spiro atoms. The zero-order valence-corrected chi connectivity index (χ0v) is 15.2. The van der Waals surface area contributed by atoms with Crippen LogP contribution in [0.3, 0.4) is 0 Å². The van der Waals surface area contributed by atoms with E-state index in [1.807, 2.05) is 6.20 Å². The van der Waals surface area contributed by atoms with Crippen molar-refractivity contribution >= 4 is 11.7 Å². The third-order valence-corrected chi connectivity index (χ3v) is 5.91. The van der Waals surface area contributed by atoms with E-state index >= 15 is 0 Å². The van der Waals surface area contributed by atoms with Crippen molar-refractivity contribution in [3.8, 4) is 12.3 Å². The molecule has 2 fully saturated rings. The molecule has 25 heavy (non-hydrogen) atoms. The van der Waals surface area contributed by atoms with Crippen LogP contribution in [-0.4, -0.2) is 58.5 Å². The van der Waals surface area contributed by atoms with Gasteiger partial charge in [0.25, 0.3) is 0 Å². The van der Waals surface area contributed by atoms with Gasteiger partial charge in [-0.25, -0.2) is 4.99 Å². The first-order chi connectivity index (χ1) is 12.3.